The van der Waals surface area contributed by atoms with Gasteiger partial charge in [-0.3, -0.25) is 0 Å². The molecular formula is C19H15NO. The third-order valence-electron chi connectivity index (χ3n) is 3.91. The summed E-state index contributed by atoms with van der Waals surface area (Å²) in [5, 5.41) is 2.32. The summed E-state index contributed by atoms with van der Waals surface area (Å²) in [5.74, 6) is 0.697. The van der Waals surface area contributed by atoms with Crippen LogP contribution in [0, 0.1) is 13.8 Å². The molecule has 0 aliphatic carbocycles. The molecule has 102 valence electrons. The highest BCUT2D eigenvalue weighted by Crippen LogP contribution is 2.31. The van der Waals surface area contributed by atoms with E-state index in [4.69, 9.17) is 9.40 Å². The number of aromatic nitrogens is 1. The van der Waals surface area contributed by atoms with Crippen LogP contribution >= 0.6 is 0 Å². The zero-order valence-electron chi connectivity index (χ0n) is 12.1. The Morgan fingerprint density at radius 1 is 0.905 bits per heavy atom. The number of rotatable bonds is 1. The van der Waals surface area contributed by atoms with E-state index in [-0.39, 0.29) is 0 Å². The summed E-state index contributed by atoms with van der Waals surface area (Å²) >= 11 is 0. The van der Waals surface area contributed by atoms with Gasteiger partial charge in [-0.25, -0.2) is 4.98 Å². The van der Waals surface area contributed by atoms with Crippen LogP contribution in [0.3, 0.4) is 0 Å². The van der Waals surface area contributed by atoms with Gasteiger partial charge in [0.1, 0.15) is 5.52 Å². The van der Waals surface area contributed by atoms with Gasteiger partial charge in [-0.05, 0) is 36.9 Å². The first-order valence-corrected chi connectivity index (χ1v) is 7.08. The van der Waals surface area contributed by atoms with Gasteiger partial charge < -0.3 is 4.42 Å². The summed E-state index contributed by atoms with van der Waals surface area (Å²) in [6.45, 7) is 4.17. The normalized spacial score (nSPS) is 11.3. The Kier molecular flexibility index (Phi) is 2.58. The zero-order chi connectivity index (χ0) is 14.4. The molecule has 0 aliphatic heterocycles. The van der Waals surface area contributed by atoms with Crippen LogP contribution in [0.5, 0.6) is 0 Å². The average Bonchev–Trinajstić information content (AvgIpc) is 2.94. The highest BCUT2D eigenvalue weighted by molar-refractivity contribution is 6.03. The van der Waals surface area contributed by atoms with Crippen molar-refractivity contribution in [1.29, 1.82) is 0 Å². The number of benzene rings is 3. The van der Waals surface area contributed by atoms with E-state index in [2.05, 4.69) is 50.2 Å². The predicted molar refractivity (Wildman–Crippen MR) is 86.4 cm³/mol. The van der Waals surface area contributed by atoms with Crippen molar-refractivity contribution in [1.82, 2.24) is 4.98 Å². The summed E-state index contributed by atoms with van der Waals surface area (Å²) in [5.41, 5.74) is 5.23. The largest absolute Gasteiger partial charge is 0.436 e. The topological polar surface area (TPSA) is 26.0 Å². The molecule has 2 nitrogen and oxygen atoms in total. The number of oxazole rings is 1. The van der Waals surface area contributed by atoms with Crippen LogP contribution in [0.25, 0.3) is 33.3 Å². The maximum Gasteiger partial charge on any atom is 0.227 e. The van der Waals surface area contributed by atoms with Gasteiger partial charge in [0, 0.05) is 10.9 Å². The third-order valence-corrected chi connectivity index (χ3v) is 3.91. The lowest BCUT2D eigenvalue weighted by molar-refractivity contribution is 0.619. The molecule has 2 heteroatoms. The lowest BCUT2D eigenvalue weighted by atomic mass is 10.1. The minimum absolute atomic E-state index is 0.697. The van der Waals surface area contributed by atoms with Crippen LogP contribution in [0.15, 0.2) is 59.0 Å². The minimum atomic E-state index is 0.697. The van der Waals surface area contributed by atoms with Gasteiger partial charge in [0.05, 0.1) is 0 Å². The Labute approximate surface area is 123 Å². The first-order chi connectivity index (χ1) is 10.2. The molecule has 4 rings (SSSR count). The first kappa shape index (κ1) is 12.2. The molecule has 4 aromatic rings. The maximum atomic E-state index is 5.99. The van der Waals surface area contributed by atoms with E-state index in [9.17, 15) is 0 Å². The van der Waals surface area contributed by atoms with Gasteiger partial charge in [-0.15, -0.1) is 0 Å². The third kappa shape index (κ3) is 1.91. The van der Waals surface area contributed by atoms with Crippen LogP contribution in [0.4, 0.5) is 0 Å². The fourth-order valence-electron chi connectivity index (χ4n) is 2.74. The van der Waals surface area contributed by atoms with Crippen molar-refractivity contribution in [3.8, 4) is 11.5 Å². The van der Waals surface area contributed by atoms with Gasteiger partial charge in [-0.1, -0.05) is 48.0 Å². The van der Waals surface area contributed by atoms with Crippen LogP contribution in [-0.4, -0.2) is 4.98 Å². The second-order valence-electron chi connectivity index (χ2n) is 5.47. The molecule has 0 aliphatic rings. The average molecular weight is 273 g/mol. The summed E-state index contributed by atoms with van der Waals surface area (Å²) in [7, 11) is 0. The van der Waals surface area contributed by atoms with Gasteiger partial charge in [0.25, 0.3) is 0 Å². The predicted octanol–water partition coefficient (Wildman–Crippen LogP) is 5.26. The Morgan fingerprint density at radius 2 is 1.76 bits per heavy atom. The highest BCUT2D eigenvalue weighted by atomic mass is 16.3. The fraction of sp³-hybridized carbons (Fsp3) is 0.105. The molecule has 21 heavy (non-hydrogen) atoms. The van der Waals surface area contributed by atoms with Crippen LogP contribution < -0.4 is 0 Å². The number of hydrogen-bond acceptors (Lipinski definition) is 2. The van der Waals surface area contributed by atoms with Crippen LogP contribution in [0.1, 0.15) is 11.1 Å². The van der Waals surface area contributed by atoms with Crippen molar-refractivity contribution < 1.29 is 4.42 Å². The van der Waals surface area contributed by atoms with Crippen molar-refractivity contribution in [2.75, 3.05) is 0 Å². The molecule has 0 radical (unpaired) electrons. The Balaban J connectivity index is 2.03. The molecule has 0 saturated heterocycles. The molecule has 3 aromatic carbocycles. The van der Waals surface area contributed by atoms with Crippen LogP contribution in [-0.2, 0) is 0 Å². The highest BCUT2D eigenvalue weighted by Gasteiger charge is 2.12. The van der Waals surface area contributed by atoms with Gasteiger partial charge in [0.15, 0.2) is 5.58 Å². The first-order valence-electron chi connectivity index (χ1n) is 7.08. The molecule has 0 spiro atoms. The molecule has 0 amide bonds. The molecule has 0 N–H and O–H groups in total. The van der Waals surface area contributed by atoms with E-state index >= 15 is 0 Å². The second-order valence-corrected chi connectivity index (χ2v) is 5.47. The standard InChI is InChI=1S/C19H15NO/c1-12-7-8-13(2)16(11-12)19-20-18-15-6-4-3-5-14(15)9-10-17(18)21-19/h3-11H,1-2H3. The number of nitrogens with zero attached hydrogens (tertiary/aromatic N) is 1. The molecular weight excluding hydrogens is 258 g/mol. The molecule has 0 fully saturated rings. The molecule has 0 bridgehead atoms. The van der Waals surface area contributed by atoms with Gasteiger partial charge in [0.2, 0.25) is 5.89 Å². The van der Waals surface area contributed by atoms with Crippen molar-refractivity contribution in [2.24, 2.45) is 0 Å². The lowest BCUT2D eigenvalue weighted by Gasteiger charge is -2.02. The van der Waals surface area contributed by atoms with E-state index in [1.54, 1.807) is 0 Å². The monoisotopic (exact) mass is 273 g/mol. The number of hydrogen-bond donors (Lipinski definition) is 0. The minimum Gasteiger partial charge on any atom is -0.436 e. The molecule has 0 unspecified atom stereocenters. The SMILES string of the molecule is Cc1ccc(C)c(-c2nc3c(ccc4ccccc43)o2)c1. The van der Waals surface area contributed by atoms with E-state index in [1.807, 2.05) is 18.2 Å². The molecule has 1 aromatic heterocycles. The molecule has 1 heterocycles. The lowest BCUT2D eigenvalue weighted by Crippen LogP contribution is -1.84. The Hall–Kier alpha value is -2.61. The Morgan fingerprint density at radius 3 is 2.67 bits per heavy atom. The summed E-state index contributed by atoms with van der Waals surface area (Å²) in [4.78, 5) is 4.75. The summed E-state index contributed by atoms with van der Waals surface area (Å²) in [6.07, 6.45) is 0. The number of fused-ring (bicyclic) bond motifs is 3. The smallest absolute Gasteiger partial charge is 0.227 e. The Bertz CT molecular complexity index is 966. The zero-order valence-corrected chi connectivity index (χ0v) is 12.1. The number of aryl methyl sites for hydroxylation is 2. The van der Waals surface area contributed by atoms with Crippen molar-refractivity contribution >= 4 is 21.9 Å². The van der Waals surface area contributed by atoms with Crippen LogP contribution in [0.2, 0.25) is 0 Å². The van der Waals surface area contributed by atoms with E-state index in [1.165, 1.54) is 16.5 Å². The quantitative estimate of drug-likeness (QED) is 0.472. The molecule has 0 saturated carbocycles. The van der Waals surface area contributed by atoms with Gasteiger partial charge >= 0.3 is 0 Å². The van der Waals surface area contributed by atoms with Crippen molar-refractivity contribution in [2.45, 2.75) is 13.8 Å². The maximum absolute atomic E-state index is 5.99. The summed E-state index contributed by atoms with van der Waals surface area (Å²) < 4.78 is 5.99. The van der Waals surface area contributed by atoms with E-state index in [0.29, 0.717) is 5.89 Å². The van der Waals surface area contributed by atoms with Crippen molar-refractivity contribution in [3.63, 3.8) is 0 Å². The molecule has 0 atom stereocenters. The summed E-state index contributed by atoms with van der Waals surface area (Å²) in [6, 6.07) is 18.7. The second kappa shape index (κ2) is 4.45. The van der Waals surface area contributed by atoms with Crippen molar-refractivity contribution in [3.05, 3.63) is 65.7 Å². The van der Waals surface area contributed by atoms with E-state index < -0.39 is 0 Å². The fourth-order valence-corrected chi connectivity index (χ4v) is 2.74. The van der Waals surface area contributed by atoms with E-state index in [0.717, 1.165) is 22.0 Å². The van der Waals surface area contributed by atoms with Gasteiger partial charge in [-0.2, -0.15) is 0 Å².